The molecule has 1 atom stereocenters. The van der Waals surface area contributed by atoms with Crippen molar-refractivity contribution in [3.63, 3.8) is 0 Å². The summed E-state index contributed by atoms with van der Waals surface area (Å²) in [6.07, 6.45) is 4.58. The third kappa shape index (κ3) is 19.4. The Labute approximate surface area is 147 Å². The molecule has 0 aromatic rings. The fourth-order valence-corrected chi connectivity index (χ4v) is 2.13. The Balaban J connectivity index is 0. The van der Waals surface area contributed by atoms with Crippen LogP contribution in [0.3, 0.4) is 0 Å². The topological polar surface area (TPSA) is 12.5 Å². The molecule has 0 aromatic carbocycles. The molecule has 0 saturated carbocycles. The van der Waals surface area contributed by atoms with Crippen LogP contribution < -0.4 is 0 Å². The van der Waals surface area contributed by atoms with Crippen LogP contribution in [-0.4, -0.2) is 39.3 Å². The fourth-order valence-electron chi connectivity index (χ4n) is 2.13. The number of rotatable bonds is 9. The van der Waals surface area contributed by atoms with Crippen LogP contribution in [0.15, 0.2) is 17.9 Å². The summed E-state index contributed by atoms with van der Waals surface area (Å²) in [4.78, 5) is 2.00. The van der Waals surface area contributed by atoms with Crippen molar-refractivity contribution in [3.8, 4) is 0 Å². The van der Waals surface area contributed by atoms with E-state index in [1.807, 2.05) is 26.0 Å². The Morgan fingerprint density at radius 3 is 2.04 bits per heavy atom. The lowest BCUT2D eigenvalue weighted by Gasteiger charge is -2.22. The molecule has 0 spiro atoms. The van der Waals surface area contributed by atoms with Crippen LogP contribution in [0.1, 0.15) is 67.2 Å². The minimum absolute atomic E-state index is 0.356. The molecule has 2 heteroatoms. The zero-order valence-corrected chi connectivity index (χ0v) is 17.5. The van der Waals surface area contributed by atoms with Crippen LogP contribution in [0.5, 0.6) is 0 Å². The van der Waals surface area contributed by atoms with E-state index in [2.05, 4.69) is 53.9 Å². The minimum Gasteiger partial charge on any atom is -0.381 e. The van der Waals surface area contributed by atoms with E-state index in [1.165, 1.54) is 18.4 Å². The minimum atomic E-state index is 0.356. The van der Waals surface area contributed by atoms with E-state index < -0.39 is 0 Å². The van der Waals surface area contributed by atoms with E-state index in [-0.39, 0.29) is 0 Å². The molecule has 0 heterocycles. The van der Waals surface area contributed by atoms with Gasteiger partial charge in [0.2, 0.25) is 0 Å². The monoisotopic (exact) mass is 325 g/mol. The molecule has 0 saturated heterocycles. The van der Waals surface area contributed by atoms with Crippen molar-refractivity contribution in [2.75, 3.05) is 34.4 Å². The van der Waals surface area contributed by atoms with Crippen LogP contribution in [0.4, 0.5) is 0 Å². The number of hydrogen-bond acceptors (Lipinski definition) is 2. The number of nitrogens with zero attached hydrogens (tertiary/aromatic N) is 1. The molecule has 0 aliphatic heterocycles. The van der Waals surface area contributed by atoms with Crippen molar-refractivity contribution in [1.29, 1.82) is 0 Å². The quantitative estimate of drug-likeness (QED) is 0.393. The molecule has 0 bridgehead atoms. The van der Waals surface area contributed by atoms with E-state index in [9.17, 15) is 0 Å². The first-order valence-electron chi connectivity index (χ1n) is 9.10. The molecule has 2 nitrogen and oxygen atoms in total. The summed E-state index contributed by atoms with van der Waals surface area (Å²) in [5, 5.41) is 0. The fraction of sp³-hybridized carbons (Fsp3) is 0.857. The van der Waals surface area contributed by atoms with E-state index in [1.54, 1.807) is 0 Å². The Kier molecular flexibility index (Phi) is 14.9. The lowest BCUT2D eigenvalue weighted by Crippen LogP contribution is -2.16. The largest absolute Gasteiger partial charge is 0.381 e. The second-order valence-corrected chi connectivity index (χ2v) is 8.51. The van der Waals surface area contributed by atoms with E-state index >= 15 is 0 Å². The zero-order chi connectivity index (χ0) is 18.5. The van der Waals surface area contributed by atoms with Gasteiger partial charge in [-0.15, -0.1) is 5.73 Å². The molecule has 138 valence electrons. The third-order valence-electron chi connectivity index (χ3n) is 3.30. The average Bonchev–Trinajstić information content (AvgIpc) is 2.37. The maximum absolute atomic E-state index is 5.90. The highest BCUT2D eigenvalue weighted by molar-refractivity contribution is 5.05. The molecule has 23 heavy (non-hydrogen) atoms. The average molecular weight is 326 g/mol. The molecule has 0 amide bonds. The van der Waals surface area contributed by atoms with Crippen LogP contribution in [0.25, 0.3) is 0 Å². The molecule has 0 aliphatic rings. The first kappa shape index (κ1) is 24.7. The SMILES string of the molecule is C=C=C(CC(C)C)C(CCC)COCCC(C)(C)C.CN(C)C. The van der Waals surface area contributed by atoms with Gasteiger partial charge in [-0.25, -0.2) is 0 Å². The Bertz CT molecular complexity index is 316. The van der Waals surface area contributed by atoms with Gasteiger partial charge in [0.05, 0.1) is 6.61 Å². The lowest BCUT2D eigenvalue weighted by molar-refractivity contribution is 0.0846. The molecular formula is C21H43NO. The maximum Gasteiger partial charge on any atom is 0.0537 e. The number of hydrogen-bond donors (Lipinski definition) is 0. The third-order valence-corrected chi connectivity index (χ3v) is 3.30. The van der Waals surface area contributed by atoms with Gasteiger partial charge in [0, 0.05) is 12.5 Å². The van der Waals surface area contributed by atoms with Crippen LogP contribution in [-0.2, 0) is 4.74 Å². The van der Waals surface area contributed by atoms with Gasteiger partial charge in [-0.05, 0) is 57.3 Å². The van der Waals surface area contributed by atoms with Gasteiger partial charge < -0.3 is 9.64 Å². The van der Waals surface area contributed by atoms with Gasteiger partial charge in [-0.1, -0.05) is 54.5 Å². The van der Waals surface area contributed by atoms with Crippen LogP contribution in [0.2, 0.25) is 0 Å². The van der Waals surface area contributed by atoms with E-state index in [4.69, 9.17) is 4.74 Å². The molecule has 0 rings (SSSR count). The van der Waals surface area contributed by atoms with E-state index in [0.29, 0.717) is 17.3 Å². The summed E-state index contributed by atoms with van der Waals surface area (Å²) >= 11 is 0. The second-order valence-electron chi connectivity index (χ2n) is 8.51. The Morgan fingerprint density at radius 1 is 1.17 bits per heavy atom. The summed E-state index contributed by atoms with van der Waals surface area (Å²) in [6, 6.07) is 0. The lowest BCUT2D eigenvalue weighted by atomic mass is 9.89. The number of ether oxygens (including phenoxy) is 1. The highest BCUT2D eigenvalue weighted by Crippen LogP contribution is 2.24. The molecule has 1 unspecified atom stereocenters. The molecule has 0 fully saturated rings. The van der Waals surface area contributed by atoms with Crippen molar-refractivity contribution in [3.05, 3.63) is 17.9 Å². The van der Waals surface area contributed by atoms with Gasteiger partial charge in [-0.3, -0.25) is 0 Å². The van der Waals surface area contributed by atoms with Gasteiger partial charge in [0.25, 0.3) is 0 Å². The van der Waals surface area contributed by atoms with Crippen molar-refractivity contribution in [2.24, 2.45) is 17.3 Å². The summed E-state index contributed by atoms with van der Waals surface area (Å²) < 4.78 is 5.90. The standard InChI is InChI=1S/C18H34O.C3H9N/c1-8-10-17(16(9-2)13-15(3)4)14-19-12-11-18(5,6)7;1-4(2)3/h15,17H,2,8,10-14H2,1,3-7H3;1-3H3. The Morgan fingerprint density at radius 2 is 1.70 bits per heavy atom. The van der Waals surface area contributed by atoms with Crippen LogP contribution >= 0.6 is 0 Å². The molecular weight excluding hydrogens is 282 g/mol. The highest BCUT2D eigenvalue weighted by atomic mass is 16.5. The summed E-state index contributed by atoms with van der Waals surface area (Å²) in [5.41, 5.74) is 4.87. The molecule has 0 aliphatic carbocycles. The molecule has 0 radical (unpaired) electrons. The zero-order valence-electron chi connectivity index (χ0n) is 17.5. The highest BCUT2D eigenvalue weighted by Gasteiger charge is 2.16. The van der Waals surface area contributed by atoms with Gasteiger partial charge in [-0.2, -0.15) is 0 Å². The first-order valence-corrected chi connectivity index (χ1v) is 9.10. The Hall–Kier alpha value is -0.560. The predicted molar refractivity (Wildman–Crippen MR) is 105 cm³/mol. The summed E-state index contributed by atoms with van der Waals surface area (Å²) in [5.74, 6) is 1.17. The second kappa shape index (κ2) is 13.8. The first-order chi connectivity index (χ1) is 10.5. The normalized spacial score (nSPS) is 12.7. The molecule has 0 aromatic heterocycles. The smallest absolute Gasteiger partial charge is 0.0537 e. The van der Waals surface area contributed by atoms with Gasteiger partial charge >= 0.3 is 0 Å². The van der Waals surface area contributed by atoms with E-state index in [0.717, 1.165) is 26.1 Å². The predicted octanol–water partition coefficient (Wildman–Crippen LogP) is 5.79. The summed E-state index contributed by atoms with van der Waals surface area (Å²) in [7, 11) is 6.00. The maximum atomic E-state index is 5.90. The van der Waals surface area contributed by atoms with Crippen molar-refractivity contribution < 1.29 is 4.74 Å². The van der Waals surface area contributed by atoms with Crippen molar-refractivity contribution in [1.82, 2.24) is 4.90 Å². The van der Waals surface area contributed by atoms with Crippen LogP contribution in [0, 0.1) is 17.3 Å². The summed E-state index contributed by atoms with van der Waals surface area (Å²) in [6.45, 7) is 19.1. The van der Waals surface area contributed by atoms with Crippen molar-refractivity contribution in [2.45, 2.75) is 67.2 Å². The van der Waals surface area contributed by atoms with Gasteiger partial charge in [0.15, 0.2) is 0 Å². The van der Waals surface area contributed by atoms with Crippen molar-refractivity contribution >= 4 is 0 Å². The van der Waals surface area contributed by atoms with Gasteiger partial charge in [0.1, 0.15) is 0 Å². The molecule has 0 N–H and O–H groups in total.